The van der Waals surface area contributed by atoms with Gasteiger partial charge in [-0.05, 0) is 55.4 Å². The van der Waals surface area contributed by atoms with Crippen molar-refractivity contribution in [2.24, 2.45) is 0 Å². The second kappa shape index (κ2) is 8.59. The van der Waals surface area contributed by atoms with Gasteiger partial charge < -0.3 is 9.30 Å². The molecule has 0 atom stereocenters. The summed E-state index contributed by atoms with van der Waals surface area (Å²) < 4.78 is 8.12. The molecule has 0 saturated carbocycles. The van der Waals surface area contributed by atoms with E-state index >= 15 is 0 Å². The highest BCUT2D eigenvalue weighted by Crippen LogP contribution is 2.26. The van der Waals surface area contributed by atoms with E-state index in [0.29, 0.717) is 13.2 Å². The Bertz CT molecular complexity index is 1250. The lowest BCUT2D eigenvalue weighted by Crippen LogP contribution is -2.52. The summed E-state index contributed by atoms with van der Waals surface area (Å²) in [6, 6.07) is 14.1. The Labute approximate surface area is 192 Å². The molecule has 1 fully saturated rings. The normalized spacial score (nSPS) is 14.5. The van der Waals surface area contributed by atoms with Gasteiger partial charge in [0.15, 0.2) is 5.11 Å². The summed E-state index contributed by atoms with van der Waals surface area (Å²) in [5.74, 6) is 0.0885. The fraction of sp³-hybridized carbons (Fsp3) is 0.240. The van der Waals surface area contributed by atoms with Gasteiger partial charge in [-0.25, -0.2) is 0 Å². The van der Waals surface area contributed by atoms with Crippen LogP contribution in [-0.4, -0.2) is 52.0 Å². The van der Waals surface area contributed by atoms with Gasteiger partial charge in [0.25, 0.3) is 11.8 Å². The van der Waals surface area contributed by atoms with Crippen molar-refractivity contribution in [1.29, 1.82) is 0 Å². The molecule has 1 aliphatic rings. The molecule has 7 heteroatoms. The van der Waals surface area contributed by atoms with Crippen LogP contribution in [0.4, 0.5) is 0 Å². The molecule has 3 aromatic rings. The van der Waals surface area contributed by atoms with Gasteiger partial charge in [0.2, 0.25) is 0 Å². The quantitative estimate of drug-likeness (QED) is 0.338. The van der Waals surface area contributed by atoms with Gasteiger partial charge in [-0.2, -0.15) is 0 Å². The third kappa shape index (κ3) is 3.91. The van der Waals surface area contributed by atoms with Gasteiger partial charge in [0, 0.05) is 36.8 Å². The van der Waals surface area contributed by atoms with Crippen molar-refractivity contribution in [1.82, 2.24) is 14.4 Å². The number of thiocarbonyl (C=S) groups is 1. The van der Waals surface area contributed by atoms with E-state index in [2.05, 4.69) is 16.7 Å². The number of nitrogens with zero attached hydrogens (tertiary/aromatic N) is 3. The molecule has 6 nitrogen and oxygen atoms in total. The number of hydrogen-bond donors (Lipinski definition) is 0. The lowest BCUT2D eigenvalue weighted by molar-refractivity contribution is -0.132. The number of benzene rings is 2. The molecular weight excluding hydrogens is 422 g/mol. The minimum absolute atomic E-state index is 0.0955. The number of carbonyl (C=O) groups excluding carboxylic acids is 2. The Morgan fingerprint density at radius 2 is 1.69 bits per heavy atom. The first-order chi connectivity index (χ1) is 15.3. The molecule has 0 bridgehead atoms. The molecule has 0 N–H and O–H groups in total. The van der Waals surface area contributed by atoms with Crippen molar-refractivity contribution >= 4 is 46.1 Å². The third-order valence-corrected chi connectivity index (χ3v) is 6.24. The smallest absolute Gasteiger partial charge is 0.265 e. The van der Waals surface area contributed by atoms with Crippen molar-refractivity contribution in [3.8, 4) is 5.75 Å². The van der Waals surface area contributed by atoms with Crippen molar-refractivity contribution in [3.05, 3.63) is 70.9 Å². The highest BCUT2D eigenvalue weighted by Gasteiger charge is 2.35. The number of ether oxygens (including phenoxy) is 1. The molecule has 0 spiro atoms. The summed E-state index contributed by atoms with van der Waals surface area (Å²) in [5, 5.41) is 1.16. The van der Waals surface area contributed by atoms with E-state index in [-0.39, 0.29) is 10.7 Å². The Balaban J connectivity index is 1.64. The van der Waals surface area contributed by atoms with Crippen LogP contribution in [0.1, 0.15) is 16.7 Å². The van der Waals surface area contributed by atoms with Gasteiger partial charge in [-0.15, -0.1) is 0 Å². The van der Waals surface area contributed by atoms with E-state index in [1.54, 1.807) is 20.2 Å². The van der Waals surface area contributed by atoms with Crippen LogP contribution in [-0.2, 0) is 16.1 Å². The van der Waals surface area contributed by atoms with Crippen LogP contribution in [0.2, 0.25) is 0 Å². The molecular formula is C25H25N3O3S. The number of aromatic nitrogens is 1. The number of para-hydroxylation sites is 1. The van der Waals surface area contributed by atoms with E-state index in [4.69, 9.17) is 17.0 Å². The van der Waals surface area contributed by atoms with Crippen molar-refractivity contribution in [2.75, 3.05) is 20.7 Å². The fourth-order valence-electron chi connectivity index (χ4n) is 3.82. The van der Waals surface area contributed by atoms with Crippen LogP contribution in [0.5, 0.6) is 5.75 Å². The van der Waals surface area contributed by atoms with Crippen LogP contribution in [0.3, 0.4) is 0 Å². The van der Waals surface area contributed by atoms with Crippen LogP contribution < -0.4 is 4.74 Å². The maximum absolute atomic E-state index is 12.7. The topological polar surface area (TPSA) is 54.8 Å². The van der Waals surface area contributed by atoms with E-state index in [0.717, 1.165) is 33.3 Å². The third-order valence-electron chi connectivity index (χ3n) is 5.70. The van der Waals surface area contributed by atoms with Gasteiger partial charge in [0.1, 0.15) is 17.9 Å². The fourth-order valence-corrected chi connectivity index (χ4v) is 3.99. The van der Waals surface area contributed by atoms with Crippen LogP contribution in [0.15, 0.2) is 54.2 Å². The standard InChI is InChI=1S/C25H25N3O3S/c1-16-9-10-17(2)22(13-16)31-12-11-28-15-18(19-7-5-6-8-21(19)28)14-20-23(29)26(3)25(32)27(4)24(20)30/h5-10,13-15H,11-12H2,1-4H3. The van der Waals surface area contributed by atoms with Gasteiger partial charge in [-0.1, -0.05) is 30.3 Å². The highest BCUT2D eigenvalue weighted by atomic mass is 32.1. The van der Waals surface area contributed by atoms with E-state index in [1.807, 2.05) is 50.4 Å². The molecule has 4 rings (SSSR count). The van der Waals surface area contributed by atoms with Crippen molar-refractivity contribution in [3.63, 3.8) is 0 Å². The number of aryl methyl sites for hydroxylation is 2. The molecule has 32 heavy (non-hydrogen) atoms. The second-order valence-electron chi connectivity index (χ2n) is 7.98. The predicted molar refractivity (Wildman–Crippen MR) is 129 cm³/mol. The Morgan fingerprint density at radius 1 is 1.00 bits per heavy atom. The number of rotatable bonds is 5. The van der Waals surface area contributed by atoms with E-state index < -0.39 is 11.8 Å². The minimum Gasteiger partial charge on any atom is -0.491 e. The zero-order valence-corrected chi connectivity index (χ0v) is 19.4. The second-order valence-corrected chi connectivity index (χ2v) is 8.35. The molecule has 0 radical (unpaired) electrons. The lowest BCUT2D eigenvalue weighted by Gasteiger charge is -2.31. The molecule has 1 saturated heterocycles. The average Bonchev–Trinajstić information content (AvgIpc) is 3.14. The first kappa shape index (κ1) is 21.8. The number of amides is 2. The summed E-state index contributed by atoms with van der Waals surface area (Å²) in [4.78, 5) is 28.1. The summed E-state index contributed by atoms with van der Waals surface area (Å²) in [6.07, 6.45) is 3.61. The molecule has 2 heterocycles. The molecule has 2 aromatic carbocycles. The van der Waals surface area contributed by atoms with Crippen molar-refractivity contribution in [2.45, 2.75) is 20.4 Å². The van der Waals surface area contributed by atoms with E-state index in [1.165, 1.54) is 9.80 Å². The molecule has 0 aliphatic carbocycles. The highest BCUT2D eigenvalue weighted by molar-refractivity contribution is 7.80. The van der Waals surface area contributed by atoms with Gasteiger partial charge in [0.05, 0.1) is 6.54 Å². The maximum atomic E-state index is 12.7. The van der Waals surface area contributed by atoms with Crippen LogP contribution in [0, 0.1) is 13.8 Å². The minimum atomic E-state index is -0.395. The van der Waals surface area contributed by atoms with Crippen LogP contribution >= 0.6 is 12.2 Å². The number of carbonyl (C=O) groups is 2. The Kier molecular flexibility index (Phi) is 5.84. The molecule has 2 amide bonds. The zero-order chi connectivity index (χ0) is 23.0. The summed E-state index contributed by atoms with van der Waals surface area (Å²) in [6.45, 7) is 5.20. The van der Waals surface area contributed by atoms with Gasteiger partial charge in [-0.3, -0.25) is 19.4 Å². The van der Waals surface area contributed by atoms with Crippen LogP contribution in [0.25, 0.3) is 17.0 Å². The molecule has 0 unspecified atom stereocenters. The zero-order valence-electron chi connectivity index (χ0n) is 18.6. The average molecular weight is 448 g/mol. The first-order valence-electron chi connectivity index (χ1n) is 10.4. The number of hydrogen-bond acceptors (Lipinski definition) is 4. The maximum Gasteiger partial charge on any atom is 0.265 e. The van der Waals surface area contributed by atoms with E-state index in [9.17, 15) is 9.59 Å². The molecule has 1 aromatic heterocycles. The van der Waals surface area contributed by atoms with Crippen molar-refractivity contribution < 1.29 is 14.3 Å². The summed E-state index contributed by atoms with van der Waals surface area (Å²) in [5.41, 5.74) is 4.16. The molecule has 164 valence electrons. The predicted octanol–water partition coefficient (Wildman–Crippen LogP) is 3.94. The number of fused-ring (bicyclic) bond motifs is 1. The molecule has 1 aliphatic heterocycles. The SMILES string of the molecule is Cc1ccc(C)c(OCCn2cc(C=C3C(=O)N(C)C(=S)N(C)C3=O)c3ccccc32)c1. The Morgan fingerprint density at radius 3 is 2.41 bits per heavy atom. The monoisotopic (exact) mass is 447 g/mol. The number of likely N-dealkylation sites (N-methyl/N-ethyl adjacent to an activating group) is 2. The van der Waals surface area contributed by atoms with Gasteiger partial charge >= 0.3 is 0 Å². The summed E-state index contributed by atoms with van der Waals surface area (Å²) in [7, 11) is 3.16. The first-order valence-corrected chi connectivity index (χ1v) is 10.8. The largest absolute Gasteiger partial charge is 0.491 e. The lowest BCUT2D eigenvalue weighted by atomic mass is 10.1. The Hall–Kier alpha value is -3.45. The summed E-state index contributed by atoms with van der Waals surface area (Å²) >= 11 is 5.17.